The maximum atomic E-state index is 12.5. The Morgan fingerprint density at radius 1 is 1.08 bits per heavy atom. The van der Waals surface area contributed by atoms with Gasteiger partial charge in [-0.1, -0.05) is 23.7 Å². The third-order valence-corrected chi connectivity index (χ3v) is 5.21. The van der Waals surface area contributed by atoms with Gasteiger partial charge in [0.2, 0.25) is 5.91 Å². The molecule has 0 bridgehead atoms. The number of carbonyl (C=O) groups is 1. The monoisotopic (exact) mass is 368 g/mol. The van der Waals surface area contributed by atoms with E-state index < -0.39 is 0 Å². The highest BCUT2D eigenvalue weighted by molar-refractivity contribution is 6.30. The van der Waals surface area contributed by atoms with Crippen molar-refractivity contribution in [2.45, 2.75) is 12.8 Å². The van der Waals surface area contributed by atoms with Gasteiger partial charge in [-0.2, -0.15) is 5.10 Å². The van der Waals surface area contributed by atoms with Crippen molar-refractivity contribution >= 4 is 34.1 Å². The van der Waals surface area contributed by atoms with Crippen molar-refractivity contribution in [3.05, 3.63) is 59.2 Å². The normalized spacial score (nSPS) is 14.8. The minimum absolute atomic E-state index is 0.227. The topological polar surface area (TPSA) is 52.2 Å². The van der Waals surface area contributed by atoms with Crippen molar-refractivity contribution in [1.29, 1.82) is 0 Å². The Morgan fingerprint density at radius 3 is 2.62 bits per heavy atom. The van der Waals surface area contributed by atoms with E-state index in [0.717, 1.165) is 54.1 Å². The van der Waals surface area contributed by atoms with Crippen molar-refractivity contribution in [3.8, 4) is 0 Å². The lowest BCUT2D eigenvalue weighted by Gasteiger charge is -2.36. The first-order valence-corrected chi connectivity index (χ1v) is 9.27. The van der Waals surface area contributed by atoms with E-state index in [4.69, 9.17) is 11.6 Å². The van der Waals surface area contributed by atoms with E-state index in [0.29, 0.717) is 6.42 Å². The molecular formula is C20H21ClN4O. The number of amides is 1. The van der Waals surface area contributed by atoms with Crippen LogP contribution in [0.1, 0.15) is 12.0 Å². The van der Waals surface area contributed by atoms with E-state index in [1.54, 1.807) is 0 Å². The standard InChI is InChI=1S/C20H21ClN4O/c21-17-4-1-15(2-5-17)3-8-20(26)25-11-9-24(10-12-25)18-6-7-19-16(13-18)14-22-23-19/h1-2,4-7,13-14H,3,8-12H2,(H,22,23). The van der Waals surface area contributed by atoms with Crippen LogP contribution >= 0.6 is 11.6 Å². The van der Waals surface area contributed by atoms with Crippen LogP contribution in [-0.4, -0.2) is 47.2 Å². The average molecular weight is 369 g/mol. The van der Waals surface area contributed by atoms with E-state index >= 15 is 0 Å². The zero-order chi connectivity index (χ0) is 17.9. The molecule has 0 radical (unpaired) electrons. The number of H-pyrrole nitrogens is 1. The molecule has 1 fully saturated rings. The summed E-state index contributed by atoms with van der Waals surface area (Å²) in [6, 6.07) is 14.0. The molecule has 1 amide bonds. The van der Waals surface area contributed by atoms with Crippen LogP contribution in [0.2, 0.25) is 5.02 Å². The van der Waals surface area contributed by atoms with Crippen LogP contribution in [-0.2, 0) is 11.2 Å². The summed E-state index contributed by atoms with van der Waals surface area (Å²) in [5.41, 5.74) is 3.38. The van der Waals surface area contributed by atoms with Gasteiger partial charge in [0.05, 0.1) is 11.7 Å². The Balaban J connectivity index is 1.31. The number of piperazine rings is 1. The van der Waals surface area contributed by atoms with Gasteiger partial charge in [-0.15, -0.1) is 0 Å². The van der Waals surface area contributed by atoms with Crippen LogP contribution in [0.4, 0.5) is 5.69 Å². The second-order valence-corrected chi connectivity index (χ2v) is 7.07. The quantitative estimate of drug-likeness (QED) is 0.766. The number of fused-ring (bicyclic) bond motifs is 1. The molecule has 26 heavy (non-hydrogen) atoms. The van der Waals surface area contributed by atoms with Gasteiger partial charge in [-0.05, 0) is 42.3 Å². The molecule has 2 heterocycles. The van der Waals surface area contributed by atoms with Gasteiger partial charge < -0.3 is 9.80 Å². The second-order valence-electron chi connectivity index (χ2n) is 6.64. The lowest BCUT2D eigenvalue weighted by atomic mass is 10.1. The summed E-state index contributed by atoms with van der Waals surface area (Å²) in [6.07, 6.45) is 3.14. The highest BCUT2D eigenvalue weighted by atomic mass is 35.5. The zero-order valence-corrected chi connectivity index (χ0v) is 15.2. The van der Waals surface area contributed by atoms with Crippen LogP contribution in [0.25, 0.3) is 10.9 Å². The highest BCUT2D eigenvalue weighted by Gasteiger charge is 2.21. The van der Waals surface area contributed by atoms with E-state index in [2.05, 4.69) is 33.3 Å². The van der Waals surface area contributed by atoms with Crippen molar-refractivity contribution < 1.29 is 4.79 Å². The Bertz CT molecular complexity index is 898. The van der Waals surface area contributed by atoms with Gasteiger partial charge in [0, 0.05) is 48.7 Å². The van der Waals surface area contributed by atoms with Gasteiger partial charge >= 0.3 is 0 Å². The van der Waals surface area contributed by atoms with Crippen LogP contribution in [0, 0.1) is 0 Å². The maximum absolute atomic E-state index is 12.5. The predicted octanol–water partition coefficient (Wildman–Crippen LogP) is 3.50. The zero-order valence-electron chi connectivity index (χ0n) is 14.5. The highest BCUT2D eigenvalue weighted by Crippen LogP contribution is 2.22. The van der Waals surface area contributed by atoms with Crippen molar-refractivity contribution in [2.24, 2.45) is 0 Å². The molecule has 4 rings (SSSR count). The minimum atomic E-state index is 0.227. The smallest absolute Gasteiger partial charge is 0.223 e. The van der Waals surface area contributed by atoms with E-state index in [1.165, 1.54) is 5.69 Å². The molecule has 1 N–H and O–H groups in total. The fraction of sp³-hybridized carbons (Fsp3) is 0.300. The Labute approximate surface area is 157 Å². The maximum Gasteiger partial charge on any atom is 0.223 e. The van der Waals surface area contributed by atoms with Crippen molar-refractivity contribution in [2.75, 3.05) is 31.1 Å². The molecular weight excluding hydrogens is 348 g/mol. The first kappa shape index (κ1) is 16.9. The molecule has 0 aliphatic carbocycles. The molecule has 1 saturated heterocycles. The summed E-state index contributed by atoms with van der Waals surface area (Å²) in [5, 5.41) is 8.88. The number of aromatic nitrogens is 2. The Hall–Kier alpha value is -2.53. The first-order chi connectivity index (χ1) is 12.7. The molecule has 0 atom stereocenters. The van der Waals surface area contributed by atoms with Crippen molar-refractivity contribution in [3.63, 3.8) is 0 Å². The number of benzene rings is 2. The number of nitrogens with one attached hydrogen (secondary N) is 1. The lowest BCUT2D eigenvalue weighted by molar-refractivity contribution is -0.131. The number of hydrogen-bond acceptors (Lipinski definition) is 3. The molecule has 5 nitrogen and oxygen atoms in total. The van der Waals surface area contributed by atoms with Gasteiger partial charge in [0.25, 0.3) is 0 Å². The number of rotatable bonds is 4. The molecule has 0 spiro atoms. The van der Waals surface area contributed by atoms with Crippen LogP contribution in [0.3, 0.4) is 0 Å². The van der Waals surface area contributed by atoms with Crippen LogP contribution in [0.5, 0.6) is 0 Å². The van der Waals surface area contributed by atoms with E-state index in [-0.39, 0.29) is 5.91 Å². The largest absolute Gasteiger partial charge is 0.368 e. The number of aromatic amines is 1. The molecule has 1 aliphatic rings. The fourth-order valence-corrected chi connectivity index (χ4v) is 3.53. The Morgan fingerprint density at radius 2 is 1.85 bits per heavy atom. The van der Waals surface area contributed by atoms with E-state index in [9.17, 15) is 4.79 Å². The summed E-state index contributed by atoms with van der Waals surface area (Å²) in [5.74, 6) is 0.227. The van der Waals surface area contributed by atoms with Crippen molar-refractivity contribution in [1.82, 2.24) is 15.1 Å². The molecule has 2 aromatic carbocycles. The fourth-order valence-electron chi connectivity index (χ4n) is 3.40. The van der Waals surface area contributed by atoms with Gasteiger partial charge in [0.1, 0.15) is 0 Å². The van der Waals surface area contributed by atoms with Crippen LogP contribution in [0.15, 0.2) is 48.7 Å². The van der Waals surface area contributed by atoms with Gasteiger partial charge in [0.15, 0.2) is 0 Å². The number of aryl methyl sites for hydroxylation is 1. The average Bonchev–Trinajstić information content (AvgIpc) is 3.15. The molecule has 134 valence electrons. The molecule has 1 aliphatic heterocycles. The first-order valence-electron chi connectivity index (χ1n) is 8.89. The number of halogens is 1. The SMILES string of the molecule is O=C(CCc1ccc(Cl)cc1)N1CCN(c2ccc3[nH]ncc3c2)CC1. The third-order valence-electron chi connectivity index (χ3n) is 4.96. The Kier molecular flexibility index (Phi) is 4.80. The van der Waals surface area contributed by atoms with Crippen LogP contribution < -0.4 is 4.90 Å². The number of nitrogens with zero attached hydrogens (tertiary/aromatic N) is 3. The number of carbonyl (C=O) groups excluding carboxylic acids is 1. The van der Waals surface area contributed by atoms with Gasteiger partial charge in [-0.25, -0.2) is 0 Å². The molecule has 0 unspecified atom stereocenters. The van der Waals surface area contributed by atoms with E-state index in [1.807, 2.05) is 35.4 Å². The summed E-state index contributed by atoms with van der Waals surface area (Å²) in [6.45, 7) is 3.25. The summed E-state index contributed by atoms with van der Waals surface area (Å²) in [4.78, 5) is 16.8. The molecule has 1 aromatic heterocycles. The summed E-state index contributed by atoms with van der Waals surface area (Å²) < 4.78 is 0. The molecule has 0 saturated carbocycles. The summed E-state index contributed by atoms with van der Waals surface area (Å²) >= 11 is 5.90. The predicted molar refractivity (Wildman–Crippen MR) is 105 cm³/mol. The van der Waals surface area contributed by atoms with Gasteiger partial charge in [-0.3, -0.25) is 9.89 Å². The molecule has 3 aromatic rings. The molecule has 6 heteroatoms. The third kappa shape index (κ3) is 3.68. The minimum Gasteiger partial charge on any atom is -0.368 e. The lowest BCUT2D eigenvalue weighted by Crippen LogP contribution is -2.48. The second kappa shape index (κ2) is 7.38. The summed E-state index contributed by atoms with van der Waals surface area (Å²) in [7, 11) is 0. The number of anilines is 1. The number of hydrogen-bond donors (Lipinski definition) is 1.